The van der Waals surface area contributed by atoms with Crippen molar-refractivity contribution in [2.45, 2.75) is 39.5 Å². The molecule has 2 atom stereocenters. The van der Waals surface area contributed by atoms with Crippen LogP contribution in [-0.4, -0.2) is 50.5 Å². The maximum atomic E-state index is 5.69. The number of aromatic nitrogens is 1. The summed E-state index contributed by atoms with van der Waals surface area (Å²) in [5.41, 5.74) is 2.43. The fraction of sp³-hybridized carbons (Fsp3) is 0.688. The number of hydrogen-bond acceptors (Lipinski definition) is 5. The van der Waals surface area contributed by atoms with Gasteiger partial charge in [-0.05, 0) is 38.0 Å². The van der Waals surface area contributed by atoms with E-state index in [-0.39, 0.29) is 6.10 Å². The maximum absolute atomic E-state index is 5.69. The van der Waals surface area contributed by atoms with Crippen LogP contribution in [0.2, 0.25) is 0 Å². The molecular weight excluding hydrogens is 266 g/mol. The molecule has 2 heterocycles. The van der Waals surface area contributed by atoms with Gasteiger partial charge in [0, 0.05) is 32.9 Å². The van der Waals surface area contributed by atoms with Crippen LogP contribution < -0.4 is 10.2 Å². The molecule has 1 fully saturated rings. The van der Waals surface area contributed by atoms with E-state index in [0.717, 1.165) is 38.7 Å². The highest BCUT2D eigenvalue weighted by atomic mass is 16.5. The first-order valence-electron chi connectivity index (χ1n) is 7.65. The van der Waals surface area contributed by atoms with E-state index in [1.807, 2.05) is 6.20 Å². The molecule has 118 valence electrons. The molecule has 0 saturated carbocycles. The number of morpholine rings is 1. The van der Waals surface area contributed by atoms with Crippen LogP contribution in [0.1, 0.15) is 25.0 Å². The predicted molar refractivity (Wildman–Crippen MR) is 84.8 cm³/mol. The highest BCUT2D eigenvalue weighted by Crippen LogP contribution is 2.23. The number of aryl methyl sites for hydroxylation is 1. The van der Waals surface area contributed by atoms with Crippen LogP contribution in [0, 0.1) is 6.92 Å². The summed E-state index contributed by atoms with van der Waals surface area (Å²) in [4.78, 5) is 7.04. The van der Waals surface area contributed by atoms with Crippen molar-refractivity contribution in [3.8, 4) is 0 Å². The lowest BCUT2D eigenvalue weighted by atomic mass is 10.1. The van der Waals surface area contributed by atoms with Crippen LogP contribution in [0.4, 0.5) is 5.82 Å². The van der Waals surface area contributed by atoms with Gasteiger partial charge in [-0.1, -0.05) is 0 Å². The van der Waals surface area contributed by atoms with E-state index in [9.17, 15) is 0 Å². The second kappa shape index (κ2) is 7.73. The van der Waals surface area contributed by atoms with E-state index in [0.29, 0.717) is 6.04 Å². The van der Waals surface area contributed by atoms with Crippen LogP contribution in [0.15, 0.2) is 12.3 Å². The number of anilines is 1. The fourth-order valence-electron chi connectivity index (χ4n) is 2.63. The van der Waals surface area contributed by atoms with Gasteiger partial charge in [0.15, 0.2) is 0 Å². The SMILES string of the molecule is COCCNCc1cnc(N2CC(C)OCC2C)c(C)c1. The third-order valence-electron chi connectivity index (χ3n) is 3.80. The van der Waals surface area contributed by atoms with Gasteiger partial charge in [0.1, 0.15) is 5.82 Å². The van der Waals surface area contributed by atoms with Crippen LogP contribution in [0.3, 0.4) is 0 Å². The molecule has 1 aliphatic heterocycles. The Balaban J connectivity index is 2.01. The van der Waals surface area contributed by atoms with E-state index in [1.54, 1.807) is 7.11 Å². The highest BCUT2D eigenvalue weighted by molar-refractivity contribution is 5.48. The summed E-state index contributed by atoms with van der Waals surface area (Å²) < 4.78 is 10.7. The zero-order valence-corrected chi connectivity index (χ0v) is 13.6. The van der Waals surface area contributed by atoms with Crippen molar-refractivity contribution in [3.05, 3.63) is 23.4 Å². The summed E-state index contributed by atoms with van der Waals surface area (Å²) in [6, 6.07) is 2.59. The minimum atomic E-state index is 0.262. The Morgan fingerprint density at radius 1 is 1.48 bits per heavy atom. The van der Waals surface area contributed by atoms with E-state index in [2.05, 4.69) is 42.0 Å². The molecule has 0 spiro atoms. The van der Waals surface area contributed by atoms with E-state index in [1.165, 1.54) is 11.1 Å². The lowest BCUT2D eigenvalue weighted by Crippen LogP contribution is -2.48. The molecule has 0 amide bonds. The van der Waals surface area contributed by atoms with Crippen molar-refractivity contribution in [1.82, 2.24) is 10.3 Å². The van der Waals surface area contributed by atoms with Crippen LogP contribution in [-0.2, 0) is 16.0 Å². The number of hydrogen-bond donors (Lipinski definition) is 1. The normalized spacial score (nSPS) is 22.6. The zero-order chi connectivity index (χ0) is 15.2. The first-order chi connectivity index (χ1) is 10.1. The van der Waals surface area contributed by atoms with Gasteiger partial charge in [0.25, 0.3) is 0 Å². The van der Waals surface area contributed by atoms with Crippen molar-refractivity contribution in [2.75, 3.05) is 38.3 Å². The van der Waals surface area contributed by atoms with Gasteiger partial charge in [-0.2, -0.15) is 0 Å². The largest absolute Gasteiger partial charge is 0.383 e. The number of rotatable bonds is 6. The Kier molecular flexibility index (Phi) is 5.96. The molecule has 1 aromatic heterocycles. The smallest absolute Gasteiger partial charge is 0.131 e. The first kappa shape index (κ1) is 16.2. The summed E-state index contributed by atoms with van der Waals surface area (Å²) in [6.07, 6.45) is 2.23. The lowest BCUT2D eigenvalue weighted by Gasteiger charge is -2.38. The van der Waals surface area contributed by atoms with Crippen molar-refractivity contribution >= 4 is 5.82 Å². The molecule has 1 N–H and O–H groups in total. The molecular formula is C16H27N3O2. The average Bonchev–Trinajstić information content (AvgIpc) is 2.47. The van der Waals surface area contributed by atoms with Gasteiger partial charge in [-0.25, -0.2) is 4.98 Å². The monoisotopic (exact) mass is 293 g/mol. The Morgan fingerprint density at radius 3 is 3.00 bits per heavy atom. The van der Waals surface area contributed by atoms with Crippen molar-refractivity contribution < 1.29 is 9.47 Å². The molecule has 5 nitrogen and oxygen atoms in total. The predicted octanol–water partition coefficient (Wildman–Crippen LogP) is 1.74. The zero-order valence-electron chi connectivity index (χ0n) is 13.6. The number of pyridine rings is 1. The van der Waals surface area contributed by atoms with E-state index < -0.39 is 0 Å². The Hall–Kier alpha value is -1.17. The van der Waals surface area contributed by atoms with Crippen molar-refractivity contribution in [1.29, 1.82) is 0 Å². The van der Waals surface area contributed by atoms with Gasteiger partial charge in [-0.15, -0.1) is 0 Å². The van der Waals surface area contributed by atoms with Gasteiger partial charge in [0.2, 0.25) is 0 Å². The first-order valence-corrected chi connectivity index (χ1v) is 7.65. The fourth-order valence-corrected chi connectivity index (χ4v) is 2.63. The molecule has 0 radical (unpaired) electrons. The Morgan fingerprint density at radius 2 is 2.29 bits per heavy atom. The van der Waals surface area contributed by atoms with Crippen LogP contribution >= 0.6 is 0 Å². The van der Waals surface area contributed by atoms with Crippen LogP contribution in [0.25, 0.3) is 0 Å². The second-order valence-electron chi connectivity index (χ2n) is 5.80. The van der Waals surface area contributed by atoms with Crippen LogP contribution in [0.5, 0.6) is 0 Å². The summed E-state index contributed by atoms with van der Waals surface area (Å²) in [5, 5.41) is 3.35. The highest BCUT2D eigenvalue weighted by Gasteiger charge is 2.25. The molecule has 1 aromatic rings. The third-order valence-corrected chi connectivity index (χ3v) is 3.80. The average molecular weight is 293 g/mol. The van der Waals surface area contributed by atoms with E-state index in [4.69, 9.17) is 9.47 Å². The summed E-state index contributed by atoms with van der Waals surface area (Å²) in [7, 11) is 1.71. The number of ether oxygens (including phenoxy) is 2. The van der Waals surface area contributed by atoms with Crippen molar-refractivity contribution in [3.63, 3.8) is 0 Å². The van der Waals surface area contributed by atoms with Gasteiger partial charge in [0.05, 0.1) is 25.4 Å². The van der Waals surface area contributed by atoms with Gasteiger partial charge < -0.3 is 19.7 Å². The van der Waals surface area contributed by atoms with Gasteiger partial charge in [-0.3, -0.25) is 0 Å². The summed E-state index contributed by atoms with van der Waals surface area (Å²) in [6.45, 7) is 10.5. The number of nitrogens with one attached hydrogen (secondary N) is 1. The number of nitrogens with zero attached hydrogens (tertiary/aromatic N) is 2. The quantitative estimate of drug-likeness (QED) is 0.810. The summed E-state index contributed by atoms with van der Waals surface area (Å²) >= 11 is 0. The second-order valence-corrected chi connectivity index (χ2v) is 5.80. The van der Waals surface area contributed by atoms with E-state index >= 15 is 0 Å². The molecule has 5 heteroatoms. The molecule has 0 bridgehead atoms. The molecule has 2 rings (SSSR count). The maximum Gasteiger partial charge on any atom is 0.131 e. The molecule has 1 saturated heterocycles. The Bertz CT molecular complexity index is 453. The molecule has 21 heavy (non-hydrogen) atoms. The summed E-state index contributed by atoms with van der Waals surface area (Å²) in [5.74, 6) is 1.08. The number of methoxy groups -OCH3 is 1. The standard InChI is InChI=1S/C16H27N3O2/c1-12-7-15(8-17-5-6-20-4)9-18-16(12)19-10-14(3)21-11-13(19)2/h7,9,13-14,17H,5-6,8,10-11H2,1-4H3. The Labute approximate surface area is 127 Å². The molecule has 0 aliphatic carbocycles. The topological polar surface area (TPSA) is 46.6 Å². The van der Waals surface area contributed by atoms with Gasteiger partial charge >= 0.3 is 0 Å². The molecule has 2 unspecified atom stereocenters. The third kappa shape index (κ3) is 4.40. The molecule has 0 aromatic carbocycles. The minimum absolute atomic E-state index is 0.262. The minimum Gasteiger partial charge on any atom is -0.383 e. The van der Waals surface area contributed by atoms with Crippen molar-refractivity contribution in [2.24, 2.45) is 0 Å². The molecule has 1 aliphatic rings. The lowest BCUT2D eigenvalue weighted by molar-refractivity contribution is 0.0340.